The SMILES string of the molecule is COc1cccc(CN/C=C(/C#N)C(=O)NCCC(=O)O)c1. The Hall–Kier alpha value is -3.01. The maximum absolute atomic E-state index is 11.6. The van der Waals surface area contributed by atoms with Crippen LogP contribution in [0.5, 0.6) is 5.75 Å². The summed E-state index contributed by atoms with van der Waals surface area (Å²) in [6.07, 6.45) is 1.11. The van der Waals surface area contributed by atoms with Crippen molar-refractivity contribution in [3.05, 3.63) is 41.6 Å². The molecule has 0 heterocycles. The second-order valence-corrected chi connectivity index (χ2v) is 4.30. The van der Waals surface area contributed by atoms with Crippen molar-refractivity contribution in [1.82, 2.24) is 10.6 Å². The molecule has 0 radical (unpaired) electrons. The molecule has 0 fully saturated rings. The third kappa shape index (κ3) is 5.96. The third-order valence-electron chi connectivity index (χ3n) is 2.68. The molecule has 1 rings (SSSR count). The topological polar surface area (TPSA) is 111 Å². The first kappa shape index (κ1) is 17.0. The number of aliphatic carboxylic acids is 1. The van der Waals surface area contributed by atoms with Gasteiger partial charge in [-0.05, 0) is 17.7 Å². The van der Waals surface area contributed by atoms with Crippen LogP contribution in [0, 0.1) is 11.3 Å². The van der Waals surface area contributed by atoms with Crippen LogP contribution in [-0.2, 0) is 16.1 Å². The summed E-state index contributed by atoms with van der Waals surface area (Å²) in [6.45, 7) is 0.397. The van der Waals surface area contributed by atoms with Crippen molar-refractivity contribution in [2.75, 3.05) is 13.7 Å². The van der Waals surface area contributed by atoms with Gasteiger partial charge in [0.1, 0.15) is 17.4 Å². The van der Waals surface area contributed by atoms with Crippen molar-refractivity contribution in [2.45, 2.75) is 13.0 Å². The molecule has 0 bridgehead atoms. The van der Waals surface area contributed by atoms with Gasteiger partial charge in [-0.25, -0.2) is 0 Å². The molecule has 0 atom stereocenters. The van der Waals surface area contributed by atoms with Crippen LogP contribution in [-0.4, -0.2) is 30.6 Å². The molecule has 1 aromatic carbocycles. The summed E-state index contributed by atoms with van der Waals surface area (Å²) < 4.78 is 5.10. The number of hydrogen-bond donors (Lipinski definition) is 3. The van der Waals surface area contributed by atoms with Crippen LogP contribution in [0.25, 0.3) is 0 Å². The number of hydrogen-bond acceptors (Lipinski definition) is 5. The van der Waals surface area contributed by atoms with Gasteiger partial charge in [-0.3, -0.25) is 9.59 Å². The molecule has 7 heteroatoms. The van der Waals surface area contributed by atoms with Crippen molar-refractivity contribution >= 4 is 11.9 Å². The monoisotopic (exact) mass is 303 g/mol. The smallest absolute Gasteiger partial charge is 0.305 e. The van der Waals surface area contributed by atoms with Crippen molar-refractivity contribution < 1.29 is 19.4 Å². The van der Waals surface area contributed by atoms with Crippen molar-refractivity contribution in [1.29, 1.82) is 5.26 Å². The molecule has 1 aromatic rings. The molecule has 22 heavy (non-hydrogen) atoms. The highest BCUT2D eigenvalue weighted by Crippen LogP contribution is 2.12. The second kappa shape index (κ2) is 9.02. The molecule has 1 amide bonds. The lowest BCUT2D eigenvalue weighted by Crippen LogP contribution is -2.27. The zero-order valence-electron chi connectivity index (χ0n) is 12.1. The minimum atomic E-state index is -1.01. The highest BCUT2D eigenvalue weighted by molar-refractivity contribution is 5.97. The average molecular weight is 303 g/mol. The standard InChI is InChI=1S/C15H17N3O4/c1-22-13-4-2-3-11(7-13)9-17-10-12(8-16)15(21)18-6-5-14(19)20/h2-4,7,10,17H,5-6,9H2,1H3,(H,18,21)(H,19,20)/b12-10-. The largest absolute Gasteiger partial charge is 0.497 e. The maximum Gasteiger partial charge on any atom is 0.305 e. The second-order valence-electron chi connectivity index (χ2n) is 4.30. The minimum absolute atomic E-state index is 0.0247. The van der Waals surface area contributed by atoms with E-state index in [4.69, 9.17) is 15.1 Å². The van der Waals surface area contributed by atoms with E-state index in [1.165, 1.54) is 6.20 Å². The number of carbonyl (C=O) groups excluding carboxylic acids is 1. The van der Waals surface area contributed by atoms with Gasteiger partial charge in [0.05, 0.1) is 13.5 Å². The Morgan fingerprint density at radius 3 is 2.86 bits per heavy atom. The van der Waals surface area contributed by atoms with Crippen LogP contribution in [0.4, 0.5) is 0 Å². The molecule has 3 N–H and O–H groups in total. The zero-order chi connectivity index (χ0) is 16.4. The predicted octanol–water partition coefficient (Wildman–Crippen LogP) is 0.783. The van der Waals surface area contributed by atoms with Crippen LogP contribution in [0.2, 0.25) is 0 Å². The number of nitrogens with zero attached hydrogens (tertiary/aromatic N) is 1. The van der Waals surface area contributed by atoms with E-state index in [2.05, 4.69) is 10.6 Å². The fraction of sp³-hybridized carbons (Fsp3) is 0.267. The first-order valence-electron chi connectivity index (χ1n) is 6.53. The number of methoxy groups -OCH3 is 1. The van der Waals surface area contributed by atoms with Crippen LogP contribution < -0.4 is 15.4 Å². The first-order chi connectivity index (χ1) is 10.6. The van der Waals surface area contributed by atoms with Gasteiger partial charge in [0, 0.05) is 19.3 Å². The molecule has 7 nitrogen and oxygen atoms in total. The number of nitrogens with one attached hydrogen (secondary N) is 2. The molecule has 0 unspecified atom stereocenters. The normalized spacial score (nSPS) is 10.5. The summed E-state index contributed by atoms with van der Waals surface area (Å²) in [5, 5.41) is 22.6. The number of ether oxygens (including phenoxy) is 1. The Kier molecular flexibility index (Phi) is 6.99. The Bertz CT molecular complexity index is 605. The summed E-state index contributed by atoms with van der Waals surface area (Å²) in [6, 6.07) is 9.13. The van der Waals surface area contributed by atoms with Crippen molar-refractivity contribution in [3.8, 4) is 11.8 Å². The summed E-state index contributed by atoms with van der Waals surface area (Å²) in [5.41, 5.74) is 0.812. The average Bonchev–Trinajstić information content (AvgIpc) is 2.51. The van der Waals surface area contributed by atoms with Crippen LogP contribution >= 0.6 is 0 Å². The highest BCUT2D eigenvalue weighted by Gasteiger charge is 2.08. The lowest BCUT2D eigenvalue weighted by molar-refractivity contribution is -0.136. The number of carboxylic acid groups (broad SMARTS) is 1. The van der Waals surface area contributed by atoms with Crippen LogP contribution in [0.3, 0.4) is 0 Å². The Morgan fingerprint density at radius 1 is 1.45 bits per heavy atom. The van der Waals surface area contributed by atoms with E-state index in [0.29, 0.717) is 6.54 Å². The zero-order valence-corrected chi connectivity index (χ0v) is 12.1. The summed E-state index contributed by atoms with van der Waals surface area (Å²) in [4.78, 5) is 22.0. The minimum Gasteiger partial charge on any atom is -0.497 e. The summed E-state index contributed by atoms with van der Waals surface area (Å²) in [7, 11) is 1.57. The van der Waals surface area contributed by atoms with Gasteiger partial charge in [-0.15, -0.1) is 0 Å². The summed E-state index contributed by atoms with van der Waals surface area (Å²) >= 11 is 0. The van der Waals surface area contributed by atoms with Gasteiger partial charge in [0.15, 0.2) is 0 Å². The molecule has 0 aliphatic carbocycles. The van der Waals surface area contributed by atoms with E-state index in [1.807, 2.05) is 24.3 Å². The van der Waals surface area contributed by atoms with Gasteiger partial charge in [-0.2, -0.15) is 5.26 Å². The molecule has 0 saturated heterocycles. The Labute approximate surface area is 128 Å². The number of carbonyl (C=O) groups is 2. The molecule has 0 aliphatic heterocycles. The lowest BCUT2D eigenvalue weighted by atomic mass is 10.2. The van der Waals surface area contributed by atoms with Gasteiger partial charge in [0.2, 0.25) is 0 Å². The third-order valence-corrected chi connectivity index (χ3v) is 2.68. The predicted molar refractivity (Wildman–Crippen MR) is 78.8 cm³/mol. The van der Waals surface area contributed by atoms with E-state index in [1.54, 1.807) is 13.2 Å². The molecule has 0 aliphatic rings. The number of rotatable bonds is 8. The molecular weight excluding hydrogens is 286 g/mol. The number of benzene rings is 1. The fourth-order valence-corrected chi connectivity index (χ4v) is 1.58. The Morgan fingerprint density at radius 2 is 2.23 bits per heavy atom. The lowest BCUT2D eigenvalue weighted by Gasteiger charge is -2.05. The van der Waals surface area contributed by atoms with Gasteiger partial charge in [0.25, 0.3) is 5.91 Å². The summed E-state index contributed by atoms with van der Waals surface area (Å²) in [5.74, 6) is -0.906. The van der Waals surface area contributed by atoms with E-state index in [-0.39, 0.29) is 18.5 Å². The molecular formula is C15H17N3O4. The number of nitriles is 1. The maximum atomic E-state index is 11.6. The molecule has 0 aromatic heterocycles. The molecule has 0 saturated carbocycles. The highest BCUT2D eigenvalue weighted by atomic mass is 16.5. The molecule has 0 spiro atoms. The number of carboxylic acids is 1. The fourth-order valence-electron chi connectivity index (χ4n) is 1.58. The number of amides is 1. The van der Waals surface area contributed by atoms with Gasteiger partial charge in [-0.1, -0.05) is 12.1 Å². The molecule has 116 valence electrons. The quantitative estimate of drug-likeness (QED) is 0.483. The van der Waals surface area contributed by atoms with Gasteiger partial charge < -0.3 is 20.5 Å². The Balaban J connectivity index is 2.52. The van der Waals surface area contributed by atoms with E-state index in [0.717, 1.165) is 11.3 Å². The van der Waals surface area contributed by atoms with Crippen molar-refractivity contribution in [2.24, 2.45) is 0 Å². The van der Waals surface area contributed by atoms with Crippen LogP contribution in [0.1, 0.15) is 12.0 Å². The van der Waals surface area contributed by atoms with E-state index < -0.39 is 11.9 Å². The van der Waals surface area contributed by atoms with Gasteiger partial charge >= 0.3 is 5.97 Å². The van der Waals surface area contributed by atoms with Crippen molar-refractivity contribution in [3.63, 3.8) is 0 Å². The van der Waals surface area contributed by atoms with Crippen LogP contribution in [0.15, 0.2) is 36.0 Å². The first-order valence-corrected chi connectivity index (χ1v) is 6.53. The van der Waals surface area contributed by atoms with E-state index >= 15 is 0 Å². The van der Waals surface area contributed by atoms with E-state index in [9.17, 15) is 9.59 Å².